The quantitative estimate of drug-likeness (QED) is 0.713. The Morgan fingerprint density at radius 2 is 1.84 bits per heavy atom. The Labute approximate surface area is 180 Å². The molecule has 0 saturated carbocycles. The second-order valence-electron chi connectivity index (χ2n) is 6.74. The fourth-order valence-corrected chi connectivity index (χ4v) is 3.36. The minimum absolute atomic E-state index is 0.0357. The fourth-order valence-electron chi connectivity index (χ4n) is 3.36. The number of hydrogen-bond donors (Lipinski definition) is 1. The summed E-state index contributed by atoms with van der Waals surface area (Å²) in [6.07, 6.45) is 0. The van der Waals surface area contributed by atoms with Crippen LogP contribution in [-0.4, -0.2) is 12.6 Å². The number of allylic oxidation sites excluding steroid dienone is 2. The van der Waals surface area contributed by atoms with Crippen molar-refractivity contribution in [2.75, 3.05) is 6.61 Å². The topological polar surface area (TPSA) is 118 Å². The van der Waals surface area contributed by atoms with Crippen LogP contribution in [0.25, 0.3) is 0 Å². The molecule has 0 bridgehead atoms. The highest BCUT2D eigenvalue weighted by atomic mass is 16.5. The van der Waals surface area contributed by atoms with Gasteiger partial charge in [0.2, 0.25) is 5.88 Å². The first-order valence-corrected chi connectivity index (χ1v) is 9.66. The molecule has 1 aliphatic rings. The van der Waals surface area contributed by atoms with Crippen LogP contribution in [0.2, 0.25) is 0 Å². The van der Waals surface area contributed by atoms with E-state index in [1.807, 2.05) is 18.2 Å². The molecule has 0 radical (unpaired) electrons. The number of esters is 1. The molecule has 0 amide bonds. The number of nitrogens with zero attached hydrogens (tertiary/aromatic N) is 2. The zero-order valence-corrected chi connectivity index (χ0v) is 17.2. The molecule has 31 heavy (non-hydrogen) atoms. The Morgan fingerprint density at radius 3 is 2.48 bits per heavy atom. The Morgan fingerprint density at radius 1 is 1.13 bits per heavy atom. The van der Waals surface area contributed by atoms with Gasteiger partial charge in [0.1, 0.15) is 29.8 Å². The maximum atomic E-state index is 12.6. The van der Waals surface area contributed by atoms with Gasteiger partial charge in [-0.05, 0) is 37.6 Å². The summed E-state index contributed by atoms with van der Waals surface area (Å²) in [6.45, 7) is 3.76. The van der Waals surface area contributed by atoms with Crippen LogP contribution in [0.5, 0.6) is 5.75 Å². The first-order chi connectivity index (χ1) is 15.0. The number of hydrogen-bond acceptors (Lipinski definition) is 7. The summed E-state index contributed by atoms with van der Waals surface area (Å²) in [5.74, 6) is -0.415. The lowest BCUT2D eigenvalue weighted by molar-refractivity contribution is -0.139. The second-order valence-corrected chi connectivity index (χ2v) is 6.74. The van der Waals surface area contributed by atoms with E-state index in [9.17, 15) is 15.3 Å². The molecular formula is C24H21N3O4. The molecule has 0 fully saturated rings. The number of nitrogens with two attached hydrogens (primary N) is 1. The predicted octanol–water partition coefficient (Wildman–Crippen LogP) is 3.78. The molecule has 156 valence electrons. The van der Waals surface area contributed by atoms with Gasteiger partial charge in [0, 0.05) is 5.56 Å². The molecule has 1 heterocycles. The molecule has 2 N–H and O–H groups in total. The molecule has 0 aliphatic carbocycles. The number of ether oxygens (including phenoxy) is 3. The number of benzene rings is 2. The summed E-state index contributed by atoms with van der Waals surface area (Å²) in [7, 11) is 0. The van der Waals surface area contributed by atoms with Gasteiger partial charge in [0.05, 0.1) is 29.7 Å². The van der Waals surface area contributed by atoms with Crippen molar-refractivity contribution in [3.63, 3.8) is 0 Å². The van der Waals surface area contributed by atoms with Crippen LogP contribution in [0, 0.1) is 22.7 Å². The second kappa shape index (κ2) is 9.51. The Balaban J connectivity index is 1.88. The van der Waals surface area contributed by atoms with E-state index in [-0.39, 0.29) is 30.2 Å². The van der Waals surface area contributed by atoms with Gasteiger partial charge in [-0.3, -0.25) is 0 Å². The Bertz CT molecular complexity index is 1130. The van der Waals surface area contributed by atoms with Gasteiger partial charge in [-0.15, -0.1) is 0 Å². The lowest BCUT2D eigenvalue weighted by Gasteiger charge is -2.26. The fraction of sp³-hybridized carbons (Fsp3) is 0.208. The van der Waals surface area contributed by atoms with Crippen LogP contribution in [0.15, 0.2) is 71.3 Å². The molecule has 1 aliphatic heterocycles. The molecule has 1 unspecified atom stereocenters. The largest absolute Gasteiger partial charge is 0.489 e. The molecular weight excluding hydrogens is 394 g/mol. The van der Waals surface area contributed by atoms with Crippen LogP contribution in [0.1, 0.15) is 36.5 Å². The number of rotatable bonds is 6. The van der Waals surface area contributed by atoms with Crippen molar-refractivity contribution in [2.24, 2.45) is 5.73 Å². The molecule has 0 spiro atoms. The van der Waals surface area contributed by atoms with Gasteiger partial charge in [-0.1, -0.05) is 30.3 Å². The summed E-state index contributed by atoms with van der Waals surface area (Å²) in [6, 6.07) is 18.4. The van der Waals surface area contributed by atoms with E-state index in [1.54, 1.807) is 50.2 Å². The zero-order chi connectivity index (χ0) is 22.4. The zero-order valence-electron chi connectivity index (χ0n) is 17.2. The lowest BCUT2D eigenvalue weighted by atomic mass is 9.83. The van der Waals surface area contributed by atoms with Crippen LogP contribution in [-0.2, 0) is 20.9 Å². The van der Waals surface area contributed by atoms with E-state index in [0.717, 1.165) is 5.56 Å². The maximum absolute atomic E-state index is 12.6. The average molecular weight is 415 g/mol. The molecule has 7 heteroatoms. The van der Waals surface area contributed by atoms with Gasteiger partial charge >= 0.3 is 5.97 Å². The van der Waals surface area contributed by atoms with Crippen molar-refractivity contribution in [3.8, 4) is 17.9 Å². The normalized spacial score (nSPS) is 15.5. The van der Waals surface area contributed by atoms with Crippen LogP contribution < -0.4 is 10.5 Å². The van der Waals surface area contributed by atoms with Gasteiger partial charge in [-0.25, -0.2) is 4.79 Å². The predicted molar refractivity (Wildman–Crippen MR) is 112 cm³/mol. The minimum Gasteiger partial charge on any atom is -0.489 e. The van der Waals surface area contributed by atoms with Crippen molar-refractivity contribution in [1.82, 2.24) is 0 Å². The number of carbonyl (C=O) groups is 1. The van der Waals surface area contributed by atoms with Crippen molar-refractivity contribution >= 4 is 5.97 Å². The van der Waals surface area contributed by atoms with E-state index in [4.69, 9.17) is 19.9 Å². The molecule has 7 nitrogen and oxygen atoms in total. The lowest BCUT2D eigenvalue weighted by Crippen LogP contribution is -2.25. The standard InChI is InChI=1S/C24H21N3O4/c1-3-29-24(28)21-15(2)31-23(27)20(13-26)22(21)16-8-10-19(11-9-16)30-14-18-7-5-4-6-17(18)12-25/h4-11,22H,3,14,27H2,1-2H3. The highest BCUT2D eigenvalue weighted by molar-refractivity contribution is 5.92. The average Bonchev–Trinajstić information content (AvgIpc) is 2.78. The molecule has 0 saturated heterocycles. The third kappa shape index (κ3) is 4.52. The van der Waals surface area contributed by atoms with Crippen LogP contribution >= 0.6 is 0 Å². The molecule has 1 atom stereocenters. The summed E-state index contributed by atoms with van der Waals surface area (Å²) in [5.41, 5.74) is 8.31. The van der Waals surface area contributed by atoms with Crippen LogP contribution in [0.3, 0.4) is 0 Å². The highest BCUT2D eigenvalue weighted by Crippen LogP contribution is 2.40. The van der Waals surface area contributed by atoms with Crippen molar-refractivity contribution in [3.05, 3.63) is 88.0 Å². The number of nitriles is 2. The minimum atomic E-state index is -0.703. The van der Waals surface area contributed by atoms with E-state index < -0.39 is 11.9 Å². The van der Waals surface area contributed by atoms with Gasteiger partial charge < -0.3 is 19.9 Å². The highest BCUT2D eigenvalue weighted by Gasteiger charge is 2.36. The third-order valence-corrected chi connectivity index (χ3v) is 4.85. The molecule has 2 aromatic carbocycles. The van der Waals surface area contributed by atoms with E-state index >= 15 is 0 Å². The van der Waals surface area contributed by atoms with E-state index in [2.05, 4.69) is 6.07 Å². The van der Waals surface area contributed by atoms with Gasteiger partial charge in [-0.2, -0.15) is 10.5 Å². The molecule has 0 aromatic heterocycles. The van der Waals surface area contributed by atoms with Crippen molar-refractivity contribution in [2.45, 2.75) is 26.4 Å². The van der Waals surface area contributed by atoms with E-state index in [0.29, 0.717) is 22.6 Å². The molecule has 3 rings (SSSR count). The SMILES string of the molecule is CCOC(=O)C1=C(C)OC(N)=C(C#N)C1c1ccc(OCc2ccccc2C#N)cc1. The summed E-state index contributed by atoms with van der Waals surface area (Å²) in [4.78, 5) is 12.6. The van der Waals surface area contributed by atoms with Crippen molar-refractivity contribution in [1.29, 1.82) is 10.5 Å². The Kier molecular flexibility index (Phi) is 6.59. The summed E-state index contributed by atoms with van der Waals surface area (Å²) < 4.78 is 16.4. The molecule has 2 aromatic rings. The summed E-state index contributed by atoms with van der Waals surface area (Å²) >= 11 is 0. The smallest absolute Gasteiger partial charge is 0.338 e. The Hall–Kier alpha value is -4.23. The monoisotopic (exact) mass is 415 g/mol. The maximum Gasteiger partial charge on any atom is 0.338 e. The van der Waals surface area contributed by atoms with Gasteiger partial charge in [0.25, 0.3) is 0 Å². The van der Waals surface area contributed by atoms with E-state index in [1.165, 1.54) is 0 Å². The summed E-state index contributed by atoms with van der Waals surface area (Å²) in [5, 5.41) is 18.8. The third-order valence-electron chi connectivity index (χ3n) is 4.85. The van der Waals surface area contributed by atoms with Crippen LogP contribution in [0.4, 0.5) is 0 Å². The first kappa shape index (κ1) is 21.5. The van der Waals surface area contributed by atoms with Crippen molar-refractivity contribution < 1.29 is 19.0 Å². The number of carbonyl (C=O) groups excluding carboxylic acids is 1. The van der Waals surface area contributed by atoms with Gasteiger partial charge in [0.15, 0.2) is 0 Å². The first-order valence-electron chi connectivity index (χ1n) is 9.66.